The van der Waals surface area contributed by atoms with Gasteiger partial charge in [-0.15, -0.1) is 24.0 Å². The number of rotatable bonds is 0. The molecule has 8 nitrogen and oxygen atoms in total. The van der Waals surface area contributed by atoms with E-state index < -0.39 is 12.3 Å². The Kier molecular flexibility index (Phi) is 66.5. The van der Waals surface area contributed by atoms with Gasteiger partial charge in [0, 0.05) is 0 Å². The SMILES string of the molecule is I.O.O.O=C(O)O.O=C(O)O. The van der Waals surface area contributed by atoms with E-state index in [1.54, 1.807) is 0 Å². The molecule has 0 unspecified atom stereocenters. The molecule has 0 atom stereocenters. The molecule has 0 aliphatic rings. The maximum absolute atomic E-state index is 8.56. The first-order valence-corrected chi connectivity index (χ1v) is 1.30. The van der Waals surface area contributed by atoms with Gasteiger partial charge in [-0.2, -0.15) is 0 Å². The molecule has 0 aliphatic carbocycles. The standard InChI is InChI=1S/2CH2O3.HI.2H2O/c2*2-1(3)4;;;/h2*(H2,2,3,4);1H;2*1H2. The van der Waals surface area contributed by atoms with Crippen LogP contribution in [0, 0.1) is 0 Å². The van der Waals surface area contributed by atoms with E-state index in [4.69, 9.17) is 30.0 Å². The quantitative estimate of drug-likeness (QED) is 0.432. The molecule has 8 N–H and O–H groups in total. The molecule has 11 heavy (non-hydrogen) atoms. The third-order valence-corrected chi connectivity index (χ3v) is 0. The summed E-state index contributed by atoms with van der Waals surface area (Å²) in [5.74, 6) is 0. The number of halogens is 1. The Labute approximate surface area is 77.7 Å². The van der Waals surface area contributed by atoms with Crippen molar-refractivity contribution in [3.05, 3.63) is 0 Å². The predicted molar refractivity (Wildman–Crippen MR) is 43.9 cm³/mol. The first-order valence-electron chi connectivity index (χ1n) is 1.30. The van der Waals surface area contributed by atoms with E-state index in [-0.39, 0.29) is 34.9 Å². The monoisotopic (exact) mass is 288 g/mol. The Morgan fingerprint density at radius 3 is 0.727 bits per heavy atom. The lowest BCUT2D eigenvalue weighted by molar-refractivity contribution is 0.135. The van der Waals surface area contributed by atoms with E-state index in [2.05, 4.69) is 0 Å². The predicted octanol–water partition coefficient (Wildman–Crippen LogP) is -0.587. The van der Waals surface area contributed by atoms with Crippen molar-refractivity contribution in [2.45, 2.75) is 0 Å². The van der Waals surface area contributed by atoms with Crippen molar-refractivity contribution in [1.82, 2.24) is 0 Å². The Bertz CT molecular complexity index is 70.1. The molecule has 0 heterocycles. The number of hydrogen-bond acceptors (Lipinski definition) is 2. The summed E-state index contributed by atoms with van der Waals surface area (Å²) in [6, 6.07) is 0. The van der Waals surface area contributed by atoms with Crippen LogP contribution in [-0.4, -0.2) is 43.7 Å². The second kappa shape index (κ2) is 22.9. The van der Waals surface area contributed by atoms with Gasteiger partial charge in [0.25, 0.3) is 0 Å². The molecule has 0 spiro atoms. The fraction of sp³-hybridized carbons (Fsp3) is 0. The normalized spacial score (nSPS) is 4.36. The van der Waals surface area contributed by atoms with Gasteiger partial charge in [-0.25, -0.2) is 9.59 Å². The summed E-state index contributed by atoms with van der Waals surface area (Å²) in [5.41, 5.74) is 0. The smallest absolute Gasteiger partial charge is 0.450 e. The van der Waals surface area contributed by atoms with E-state index in [1.807, 2.05) is 0 Å². The molecular weight excluding hydrogens is 279 g/mol. The fourth-order valence-electron chi connectivity index (χ4n) is 0. The summed E-state index contributed by atoms with van der Waals surface area (Å²) in [4.78, 5) is 17.1. The van der Waals surface area contributed by atoms with Gasteiger partial charge < -0.3 is 31.4 Å². The molecule has 0 bridgehead atoms. The van der Waals surface area contributed by atoms with Crippen molar-refractivity contribution in [1.29, 1.82) is 0 Å². The highest BCUT2D eigenvalue weighted by atomic mass is 127. The Hall–Kier alpha value is -0.810. The lowest BCUT2D eigenvalue weighted by Crippen LogP contribution is -1.81. The lowest BCUT2D eigenvalue weighted by atomic mass is 11.5. The zero-order valence-corrected chi connectivity index (χ0v) is 7.34. The molecule has 72 valence electrons. The van der Waals surface area contributed by atoms with Crippen LogP contribution in [0.1, 0.15) is 0 Å². The van der Waals surface area contributed by atoms with Crippen molar-refractivity contribution in [3.63, 3.8) is 0 Å². The second-order valence-corrected chi connectivity index (χ2v) is 0.565. The molecule has 0 aromatic rings. The third-order valence-electron chi connectivity index (χ3n) is 0. The molecule has 0 aliphatic heterocycles. The zero-order valence-electron chi connectivity index (χ0n) is 5.01. The van der Waals surface area contributed by atoms with Gasteiger partial charge in [-0.1, -0.05) is 0 Å². The van der Waals surface area contributed by atoms with Crippen LogP contribution in [0.25, 0.3) is 0 Å². The first-order chi connectivity index (χ1) is 3.46. The van der Waals surface area contributed by atoms with Gasteiger partial charge in [0.05, 0.1) is 0 Å². The van der Waals surface area contributed by atoms with E-state index in [0.717, 1.165) is 0 Å². The van der Waals surface area contributed by atoms with Crippen molar-refractivity contribution >= 4 is 36.3 Å². The molecule has 0 amide bonds. The molecule has 0 rings (SSSR count). The maximum atomic E-state index is 8.56. The molecular formula is C2H9IO8. The summed E-state index contributed by atoms with van der Waals surface area (Å²) in [5, 5.41) is 27.9. The average molecular weight is 288 g/mol. The minimum atomic E-state index is -1.83. The molecule has 0 saturated heterocycles. The highest BCUT2D eigenvalue weighted by Gasteiger charge is 1.70. The molecule has 0 aromatic heterocycles. The zero-order chi connectivity index (χ0) is 7.15. The molecule has 0 aromatic carbocycles. The summed E-state index contributed by atoms with van der Waals surface area (Å²) >= 11 is 0. The van der Waals surface area contributed by atoms with E-state index in [9.17, 15) is 0 Å². The van der Waals surface area contributed by atoms with Gasteiger partial charge in [-0.05, 0) is 0 Å². The van der Waals surface area contributed by atoms with Crippen LogP contribution in [0.15, 0.2) is 0 Å². The van der Waals surface area contributed by atoms with E-state index in [0.29, 0.717) is 0 Å². The highest BCUT2D eigenvalue weighted by molar-refractivity contribution is 14.0. The van der Waals surface area contributed by atoms with Crippen molar-refractivity contribution in [2.24, 2.45) is 0 Å². The van der Waals surface area contributed by atoms with Crippen LogP contribution in [0.4, 0.5) is 9.59 Å². The number of hydrogen-bond donors (Lipinski definition) is 4. The first kappa shape index (κ1) is 31.9. The summed E-state index contributed by atoms with van der Waals surface area (Å²) in [6.45, 7) is 0. The topological polar surface area (TPSA) is 178 Å². The largest absolute Gasteiger partial charge is 0.503 e. The van der Waals surface area contributed by atoms with E-state index >= 15 is 0 Å². The van der Waals surface area contributed by atoms with Crippen molar-refractivity contribution in [2.75, 3.05) is 0 Å². The molecule has 9 heteroatoms. The van der Waals surface area contributed by atoms with Crippen LogP contribution >= 0.6 is 24.0 Å². The maximum Gasteiger partial charge on any atom is 0.503 e. The third kappa shape index (κ3) is 724. The van der Waals surface area contributed by atoms with Gasteiger partial charge in [0.1, 0.15) is 0 Å². The Balaban J connectivity index is -0.0000000171. The van der Waals surface area contributed by atoms with Crippen molar-refractivity contribution < 1.29 is 41.0 Å². The van der Waals surface area contributed by atoms with Crippen LogP contribution in [0.5, 0.6) is 0 Å². The van der Waals surface area contributed by atoms with Gasteiger partial charge in [-0.3, -0.25) is 0 Å². The van der Waals surface area contributed by atoms with Crippen LogP contribution in [0.3, 0.4) is 0 Å². The van der Waals surface area contributed by atoms with E-state index in [1.165, 1.54) is 0 Å². The minimum absolute atomic E-state index is 0. The molecule has 0 radical (unpaired) electrons. The van der Waals surface area contributed by atoms with Crippen LogP contribution in [0.2, 0.25) is 0 Å². The Morgan fingerprint density at radius 1 is 0.727 bits per heavy atom. The lowest BCUT2D eigenvalue weighted by Gasteiger charge is -1.60. The molecule has 0 saturated carbocycles. The molecule has 0 fully saturated rings. The number of carbonyl (C=O) groups is 2. The van der Waals surface area contributed by atoms with Crippen LogP contribution < -0.4 is 0 Å². The Morgan fingerprint density at radius 2 is 0.727 bits per heavy atom. The van der Waals surface area contributed by atoms with Gasteiger partial charge in [0.15, 0.2) is 0 Å². The minimum Gasteiger partial charge on any atom is -0.450 e. The van der Waals surface area contributed by atoms with Gasteiger partial charge >= 0.3 is 12.3 Å². The fourth-order valence-corrected chi connectivity index (χ4v) is 0. The average Bonchev–Trinajstić information content (AvgIpc) is 1.25. The summed E-state index contributed by atoms with van der Waals surface area (Å²) in [6.07, 6.45) is -3.67. The van der Waals surface area contributed by atoms with Gasteiger partial charge in [0.2, 0.25) is 0 Å². The van der Waals surface area contributed by atoms with Crippen molar-refractivity contribution in [3.8, 4) is 0 Å². The highest BCUT2D eigenvalue weighted by Crippen LogP contribution is 1.43. The van der Waals surface area contributed by atoms with Crippen LogP contribution in [-0.2, 0) is 0 Å². The summed E-state index contributed by atoms with van der Waals surface area (Å²) < 4.78 is 0. The second-order valence-electron chi connectivity index (χ2n) is 0.565. The summed E-state index contributed by atoms with van der Waals surface area (Å²) in [7, 11) is 0. The number of carboxylic acid groups (broad SMARTS) is 4.